The molecule has 1 aliphatic rings. The number of piperidine rings is 1. The van der Waals surface area contributed by atoms with Gasteiger partial charge in [0.15, 0.2) is 0 Å². The molecule has 0 N–H and O–H groups in total. The van der Waals surface area contributed by atoms with E-state index in [9.17, 15) is 18.0 Å². The number of likely N-dealkylation sites (tertiary alicyclic amines) is 1. The predicted molar refractivity (Wildman–Crippen MR) is 63.8 cm³/mol. The van der Waals surface area contributed by atoms with Crippen molar-refractivity contribution in [2.45, 2.75) is 25.6 Å². The minimum Gasteiger partial charge on any atom is -0.300 e. The fourth-order valence-corrected chi connectivity index (χ4v) is 2.14. The van der Waals surface area contributed by atoms with Crippen molar-refractivity contribution in [3.8, 4) is 0 Å². The first-order valence-electron chi connectivity index (χ1n) is 5.82. The van der Waals surface area contributed by atoms with Crippen molar-refractivity contribution >= 4 is 17.4 Å². The summed E-state index contributed by atoms with van der Waals surface area (Å²) in [4.78, 5) is 16.8. The van der Waals surface area contributed by atoms with Crippen LogP contribution in [0.2, 0.25) is 5.02 Å². The lowest BCUT2D eigenvalue weighted by Crippen LogP contribution is -2.33. The molecule has 3 nitrogen and oxygen atoms in total. The van der Waals surface area contributed by atoms with Crippen LogP contribution in [0, 0.1) is 0 Å². The van der Waals surface area contributed by atoms with Gasteiger partial charge in [-0.2, -0.15) is 13.2 Å². The highest BCUT2D eigenvalue weighted by atomic mass is 35.5. The molecule has 0 spiro atoms. The Morgan fingerprint density at radius 1 is 1.32 bits per heavy atom. The largest absolute Gasteiger partial charge is 0.417 e. The van der Waals surface area contributed by atoms with Crippen LogP contribution in [0.5, 0.6) is 0 Å². The van der Waals surface area contributed by atoms with Crippen molar-refractivity contribution in [1.82, 2.24) is 9.88 Å². The third-order valence-corrected chi connectivity index (χ3v) is 3.36. The van der Waals surface area contributed by atoms with E-state index in [2.05, 4.69) is 4.98 Å². The number of rotatable bonds is 2. The van der Waals surface area contributed by atoms with Gasteiger partial charge >= 0.3 is 6.18 Å². The van der Waals surface area contributed by atoms with E-state index in [1.807, 2.05) is 4.90 Å². The highest BCUT2D eigenvalue weighted by molar-refractivity contribution is 6.31. The summed E-state index contributed by atoms with van der Waals surface area (Å²) in [5, 5.41) is 0.00623. The van der Waals surface area contributed by atoms with Crippen molar-refractivity contribution in [3.63, 3.8) is 0 Å². The monoisotopic (exact) mass is 292 g/mol. The summed E-state index contributed by atoms with van der Waals surface area (Å²) in [7, 11) is 0. The van der Waals surface area contributed by atoms with E-state index in [4.69, 9.17) is 11.6 Å². The number of carbonyl (C=O) groups excluding carboxylic acids is 1. The number of nitrogens with zero attached hydrogens (tertiary/aromatic N) is 2. The first-order chi connectivity index (χ1) is 8.86. The number of pyridine rings is 1. The van der Waals surface area contributed by atoms with Gasteiger partial charge in [-0.25, -0.2) is 0 Å². The summed E-state index contributed by atoms with van der Waals surface area (Å²) in [5.74, 6) is 0.211. The summed E-state index contributed by atoms with van der Waals surface area (Å²) in [5.41, 5.74) is -0.445. The van der Waals surface area contributed by atoms with Crippen LogP contribution in [-0.2, 0) is 17.5 Å². The Hall–Kier alpha value is -1.14. The number of Topliss-reactive ketones (excluding diaryl/α,β-unsaturated/α-hetero) is 1. The van der Waals surface area contributed by atoms with Gasteiger partial charge in [0.2, 0.25) is 0 Å². The lowest BCUT2D eigenvalue weighted by Gasteiger charge is -2.25. The molecule has 2 heterocycles. The van der Waals surface area contributed by atoms with Gasteiger partial charge in [0.05, 0.1) is 16.3 Å². The van der Waals surface area contributed by atoms with Gasteiger partial charge in [-0.15, -0.1) is 0 Å². The van der Waals surface area contributed by atoms with Crippen molar-refractivity contribution in [3.05, 3.63) is 28.5 Å². The van der Waals surface area contributed by atoms with E-state index in [0.29, 0.717) is 38.2 Å². The van der Waals surface area contributed by atoms with Crippen molar-refractivity contribution in [2.75, 3.05) is 13.1 Å². The van der Waals surface area contributed by atoms with E-state index >= 15 is 0 Å². The molecular weight excluding hydrogens is 281 g/mol. The second-order valence-electron chi connectivity index (χ2n) is 4.47. The SMILES string of the molecule is O=C1CCN(Cc2ncc(C(F)(F)F)cc2Cl)CC1. The number of alkyl halides is 3. The third kappa shape index (κ3) is 3.67. The molecular formula is C12H12ClF3N2O. The Bertz CT molecular complexity index is 480. The summed E-state index contributed by atoms with van der Waals surface area (Å²) in [6.45, 7) is 1.56. The molecule has 0 bridgehead atoms. The molecule has 0 aromatic carbocycles. The van der Waals surface area contributed by atoms with Crippen LogP contribution >= 0.6 is 11.6 Å². The fourth-order valence-electron chi connectivity index (χ4n) is 1.91. The van der Waals surface area contributed by atoms with Gasteiger partial charge in [-0.1, -0.05) is 11.6 Å². The summed E-state index contributed by atoms with van der Waals surface area (Å²) < 4.78 is 37.4. The Balaban J connectivity index is 2.07. The maximum Gasteiger partial charge on any atom is 0.417 e. The van der Waals surface area contributed by atoms with Gasteiger partial charge in [0, 0.05) is 38.7 Å². The Morgan fingerprint density at radius 2 is 1.95 bits per heavy atom. The smallest absolute Gasteiger partial charge is 0.300 e. The van der Waals surface area contributed by atoms with Crippen LogP contribution in [0.25, 0.3) is 0 Å². The molecule has 0 radical (unpaired) electrons. The molecule has 1 aliphatic heterocycles. The Morgan fingerprint density at radius 3 is 2.47 bits per heavy atom. The third-order valence-electron chi connectivity index (χ3n) is 3.03. The van der Waals surface area contributed by atoms with E-state index in [0.717, 1.165) is 12.3 Å². The zero-order valence-electron chi connectivity index (χ0n) is 10.0. The molecule has 0 amide bonds. The molecule has 0 unspecified atom stereocenters. The Kier molecular flexibility index (Phi) is 4.10. The molecule has 0 atom stereocenters. The standard InChI is InChI=1S/C12H12ClF3N2O/c13-10-5-8(12(14,15)16)6-17-11(10)7-18-3-1-9(19)2-4-18/h5-6H,1-4,7H2. The van der Waals surface area contributed by atoms with E-state index in [1.54, 1.807) is 0 Å². The van der Waals surface area contributed by atoms with E-state index < -0.39 is 11.7 Å². The van der Waals surface area contributed by atoms with Crippen molar-refractivity contribution < 1.29 is 18.0 Å². The normalized spacial score (nSPS) is 17.8. The van der Waals surface area contributed by atoms with Gasteiger partial charge < -0.3 is 0 Å². The molecule has 2 rings (SSSR count). The number of ketones is 1. The second kappa shape index (κ2) is 5.46. The molecule has 104 valence electrons. The van der Waals surface area contributed by atoms with Crippen molar-refractivity contribution in [1.29, 1.82) is 0 Å². The average Bonchev–Trinajstić information content (AvgIpc) is 2.33. The predicted octanol–water partition coefficient (Wildman–Crippen LogP) is 2.92. The highest BCUT2D eigenvalue weighted by Gasteiger charge is 2.31. The molecule has 1 fully saturated rings. The summed E-state index contributed by atoms with van der Waals surface area (Å²) in [6.07, 6.45) is -2.71. The summed E-state index contributed by atoms with van der Waals surface area (Å²) in [6, 6.07) is 0.888. The van der Waals surface area contributed by atoms with Crippen LogP contribution < -0.4 is 0 Å². The molecule has 0 saturated carbocycles. The molecule has 1 saturated heterocycles. The molecule has 7 heteroatoms. The topological polar surface area (TPSA) is 33.2 Å². The number of carbonyl (C=O) groups is 1. The maximum atomic E-state index is 12.5. The lowest BCUT2D eigenvalue weighted by atomic mass is 10.1. The molecule has 19 heavy (non-hydrogen) atoms. The van der Waals surface area contributed by atoms with Gasteiger partial charge in [0.1, 0.15) is 5.78 Å². The van der Waals surface area contributed by atoms with Crippen LogP contribution in [0.1, 0.15) is 24.1 Å². The second-order valence-corrected chi connectivity index (χ2v) is 4.87. The van der Waals surface area contributed by atoms with Gasteiger partial charge in [-0.05, 0) is 6.07 Å². The van der Waals surface area contributed by atoms with Crippen LogP contribution in [0.3, 0.4) is 0 Å². The zero-order valence-corrected chi connectivity index (χ0v) is 10.8. The lowest BCUT2D eigenvalue weighted by molar-refractivity contribution is -0.137. The number of hydrogen-bond donors (Lipinski definition) is 0. The fraction of sp³-hybridized carbons (Fsp3) is 0.500. The first-order valence-corrected chi connectivity index (χ1v) is 6.20. The van der Waals surface area contributed by atoms with Crippen LogP contribution in [0.15, 0.2) is 12.3 Å². The average molecular weight is 293 g/mol. The van der Waals surface area contributed by atoms with Gasteiger partial charge in [0.25, 0.3) is 0 Å². The number of hydrogen-bond acceptors (Lipinski definition) is 3. The van der Waals surface area contributed by atoms with E-state index in [1.165, 1.54) is 0 Å². The summed E-state index contributed by atoms with van der Waals surface area (Å²) >= 11 is 5.83. The minimum absolute atomic E-state index is 0.00623. The quantitative estimate of drug-likeness (QED) is 0.840. The van der Waals surface area contributed by atoms with E-state index in [-0.39, 0.29) is 10.8 Å². The molecule has 0 aliphatic carbocycles. The van der Waals surface area contributed by atoms with Crippen molar-refractivity contribution in [2.24, 2.45) is 0 Å². The van der Waals surface area contributed by atoms with Gasteiger partial charge in [-0.3, -0.25) is 14.7 Å². The number of halogens is 4. The Labute approximate surface area is 113 Å². The molecule has 1 aromatic rings. The highest BCUT2D eigenvalue weighted by Crippen LogP contribution is 2.31. The molecule has 1 aromatic heterocycles. The zero-order chi connectivity index (χ0) is 14.0. The van der Waals surface area contributed by atoms with Crippen LogP contribution in [-0.4, -0.2) is 28.8 Å². The number of aromatic nitrogens is 1. The minimum atomic E-state index is -4.44. The maximum absolute atomic E-state index is 12.5. The van der Waals surface area contributed by atoms with Crippen LogP contribution in [0.4, 0.5) is 13.2 Å². The first kappa shape index (κ1) is 14.3.